The van der Waals surface area contributed by atoms with Crippen LogP contribution in [0.1, 0.15) is 16.7 Å². The molecular formula is C16H16N2O4S. The molecule has 1 aromatic heterocycles. The molecule has 6 nitrogen and oxygen atoms in total. The van der Waals surface area contributed by atoms with Crippen molar-refractivity contribution in [1.29, 1.82) is 0 Å². The molecule has 0 saturated carbocycles. The highest BCUT2D eigenvalue weighted by Crippen LogP contribution is 2.26. The molecule has 0 unspecified atom stereocenters. The average Bonchev–Trinajstić information content (AvgIpc) is 2.81. The maximum Gasteiger partial charge on any atom is 0.417 e. The molecule has 2 N–H and O–H groups in total. The number of hydrogen-bond donors (Lipinski definition) is 2. The first-order valence-electron chi connectivity index (χ1n) is 7.00. The van der Waals surface area contributed by atoms with E-state index >= 15 is 0 Å². The fourth-order valence-electron chi connectivity index (χ4n) is 2.54. The standard InChI is InChI=1S/C16H16N2O4S/c1-9-5-4-6-10(2)15(9)18-23(20,21)14-8-13-12(7-11(14)3)17-16(19)22-13/h4-8,18H,1-3H3,(H,17,19). The molecule has 0 bridgehead atoms. The first-order valence-corrected chi connectivity index (χ1v) is 8.49. The third-order valence-electron chi connectivity index (χ3n) is 3.72. The van der Waals surface area contributed by atoms with Crippen molar-refractivity contribution in [2.24, 2.45) is 0 Å². The summed E-state index contributed by atoms with van der Waals surface area (Å²) in [5, 5.41) is 0. The molecule has 0 aliphatic rings. The number of hydrogen-bond acceptors (Lipinski definition) is 4. The van der Waals surface area contributed by atoms with Gasteiger partial charge >= 0.3 is 5.76 Å². The van der Waals surface area contributed by atoms with Crippen LogP contribution >= 0.6 is 0 Å². The van der Waals surface area contributed by atoms with Crippen molar-refractivity contribution in [3.8, 4) is 0 Å². The summed E-state index contributed by atoms with van der Waals surface area (Å²) in [5.74, 6) is -0.614. The van der Waals surface area contributed by atoms with Crippen LogP contribution in [-0.2, 0) is 10.0 Å². The van der Waals surface area contributed by atoms with Gasteiger partial charge in [-0.25, -0.2) is 13.2 Å². The van der Waals surface area contributed by atoms with E-state index in [-0.39, 0.29) is 10.5 Å². The Labute approximate surface area is 133 Å². The van der Waals surface area contributed by atoms with Gasteiger partial charge < -0.3 is 4.42 Å². The SMILES string of the molecule is Cc1cc2[nH]c(=O)oc2cc1S(=O)(=O)Nc1c(C)cccc1C. The van der Waals surface area contributed by atoms with E-state index in [4.69, 9.17) is 4.42 Å². The van der Waals surface area contributed by atoms with E-state index in [1.54, 1.807) is 13.0 Å². The molecule has 0 amide bonds. The zero-order valence-corrected chi connectivity index (χ0v) is 13.7. The average molecular weight is 332 g/mol. The summed E-state index contributed by atoms with van der Waals surface area (Å²) in [6.45, 7) is 5.35. The Bertz CT molecular complexity index is 1040. The Morgan fingerprint density at radius 1 is 1.04 bits per heavy atom. The third-order valence-corrected chi connectivity index (χ3v) is 5.22. The number of nitrogens with one attached hydrogen (secondary N) is 2. The van der Waals surface area contributed by atoms with Crippen molar-refractivity contribution in [2.75, 3.05) is 4.72 Å². The molecule has 3 aromatic rings. The van der Waals surface area contributed by atoms with Crippen LogP contribution in [0.4, 0.5) is 5.69 Å². The van der Waals surface area contributed by atoms with E-state index in [2.05, 4.69) is 9.71 Å². The maximum atomic E-state index is 12.7. The van der Waals surface area contributed by atoms with Gasteiger partial charge in [-0.2, -0.15) is 0 Å². The van der Waals surface area contributed by atoms with Crippen molar-refractivity contribution in [3.05, 3.63) is 57.6 Å². The van der Waals surface area contributed by atoms with Crippen molar-refractivity contribution >= 4 is 26.8 Å². The van der Waals surface area contributed by atoms with E-state index < -0.39 is 15.8 Å². The molecule has 0 radical (unpaired) electrons. The molecule has 7 heteroatoms. The van der Waals surface area contributed by atoms with E-state index in [0.29, 0.717) is 16.8 Å². The van der Waals surface area contributed by atoms with Gasteiger partial charge in [0.15, 0.2) is 5.58 Å². The van der Waals surface area contributed by atoms with Gasteiger partial charge in [0, 0.05) is 6.07 Å². The molecule has 1 heterocycles. The lowest BCUT2D eigenvalue weighted by Gasteiger charge is -2.14. The number of sulfonamides is 1. The summed E-state index contributed by atoms with van der Waals surface area (Å²) in [6, 6.07) is 8.49. The lowest BCUT2D eigenvalue weighted by molar-refractivity contribution is 0.554. The predicted octanol–water partition coefficient (Wildman–Crippen LogP) is 2.85. The highest BCUT2D eigenvalue weighted by Gasteiger charge is 2.20. The number of aryl methyl sites for hydroxylation is 3. The minimum atomic E-state index is -3.80. The van der Waals surface area contributed by atoms with E-state index in [1.165, 1.54) is 6.07 Å². The Morgan fingerprint density at radius 2 is 1.70 bits per heavy atom. The molecule has 0 fully saturated rings. The number of rotatable bonds is 3. The summed E-state index contributed by atoms with van der Waals surface area (Å²) in [5.41, 5.74) is 3.43. The number of aromatic amines is 1. The van der Waals surface area contributed by atoms with Gasteiger partial charge in [0.05, 0.1) is 16.1 Å². The van der Waals surface area contributed by atoms with Crippen LogP contribution in [0.15, 0.2) is 44.4 Å². The second-order valence-corrected chi connectivity index (χ2v) is 7.15. The first-order chi connectivity index (χ1) is 10.8. The van der Waals surface area contributed by atoms with E-state index in [9.17, 15) is 13.2 Å². The number of oxazole rings is 1. The highest BCUT2D eigenvalue weighted by molar-refractivity contribution is 7.92. The van der Waals surface area contributed by atoms with Crippen LogP contribution in [0.5, 0.6) is 0 Å². The van der Waals surface area contributed by atoms with Gasteiger partial charge in [0.25, 0.3) is 10.0 Å². The smallest absolute Gasteiger partial charge is 0.408 e. The van der Waals surface area contributed by atoms with Gasteiger partial charge in [0.2, 0.25) is 0 Å². The second-order valence-electron chi connectivity index (χ2n) is 5.50. The van der Waals surface area contributed by atoms with Crippen molar-refractivity contribution in [1.82, 2.24) is 4.98 Å². The van der Waals surface area contributed by atoms with Gasteiger partial charge in [-0.15, -0.1) is 0 Å². The van der Waals surface area contributed by atoms with Crippen LogP contribution in [0.2, 0.25) is 0 Å². The van der Waals surface area contributed by atoms with Crippen LogP contribution in [0.25, 0.3) is 11.1 Å². The summed E-state index contributed by atoms with van der Waals surface area (Å²) in [7, 11) is -3.80. The summed E-state index contributed by atoms with van der Waals surface area (Å²) < 4.78 is 33.1. The summed E-state index contributed by atoms with van der Waals surface area (Å²) >= 11 is 0. The van der Waals surface area contributed by atoms with Crippen LogP contribution < -0.4 is 10.5 Å². The minimum Gasteiger partial charge on any atom is -0.408 e. The third kappa shape index (κ3) is 2.75. The Hall–Kier alpha value is -2.54. The quantitative estimate of drug-likeness (QED) is 0.771. The number of fused-ring (bicyclic) bond motifs is 1. The number of para-hydroxylation sites is 1. The van der Waals surface area contributed by atoms with Gasteiger partial charge in [-0.3, -0.25) is 9.71 Å². The molecule has 0 spiro atoms. The topological polar surface area (TPSA) is 92.2 Å². The summed E-state index contributed by atoms with van der Waals surface area (Å²) in [4.78, 5) is 13.8. The number of H-pyrrole nitrogens is 1. The van der Waals surface area contributed by atoms with Crippen molar-refractivity contribution in [2.45, 2.75) is 25.7 Å². The van der Waals surface area contributed by atoms with Gasteiger partial charge in [-0.05, 0) is 43.5 Å². The number of benzene rings is 2. The Morgan fingerprint density at radius 3 is 2.35 bits per heavy atom. The van der Waals surface area contributed by atoms with Crippen molar-refractivity contribution in [3.63, 3.8) is 0 Å². The van der Waals surface area contributed by atoms with Crippen LogP contribution in [0, 0.1) is 20.8 Å². The molecule has 2 aromatic carbocycles. The summed E-state index contributed by atoms with van der Waals surface area (Å²) in [6.07, 6.45) is 0. The zero-order valence-electron chi connectivity index (χ0n) is 12.9. The molecule has 120 valence electrons. The maximum absolute atomic E-state index is 12.7. The lowest BCUT2D eigenvalue weighted by Crippen LogP contribution is -2.15. The first kappa shape index (κ1) is 15.4. The molecule has 0 aliphatic heterocycles. The van der Waals surface area contributed by atoms with Gasteiger partial charge in [0.1, 0.15) is 0 Å². The van der Waals surface area contributed by atoms with Crippen LogP contribution in [0.3, 0.4) is 0 Å². The highest BCUT2D eigenvalue weighted by atomic mass is 32.2. The number of anilines is 1. The molecule has 0 atom stereocenters. The predicted molar refractivity (Wildman–Crippen MR) is 88.3 cm³/mol. The van der Waals surface area contributed by atoms with Crippen molar-refractivity contribution < 1.29 is 12.8 Å². The van der Waals surface area contributed by atoms with E-state index in [1.807, 2.05) is 32.0 Å². The molecule has 0 saturated heterocycles. The van der Waals surface area contributed by atoms with E-state index in [0.717, 1.165) is 11.1 Å². The minimum absolute atomic E-state index is 0.0791. The second kappa shape index (κ2) is 5.27. The normalized spacial score (nSPS) is 11.8. The lowest BCUT2D eigenvalue weighted by atomic mass is 10.1. The fourth-order valence-corrected chi connectivity index (χ4v) is 3.99. The number of aromatic nitrogens is 1. The molecular weight excluding hydrogens is 316 g/mol. The zero-order chi connectivity index (χ0) is 16.8. The van der Waals surface area contributed by atoms with Gasteiger partial charge in [-0.1, -0.05) is 18.2 Å². The molecule has 3 rings (SSSR count). The molecule has 0 aliphatic carbocycles. The fraction of sp³-hybridized carbons (Fsp3) is 0.188. The Kier molecular flexibility index (Phi) is 3.52. The van der Waals surface area contributed by atoms with Crippen LogP contribution in [-0.4, -0.2) is 13.4 Å². The molecule has 23 heavy (non-hydrogen) atoms. The Balaban J connectivity index is 2.13. The monoisotopic (exact) mass is 332 g/mol. The largest absolute Gasteiger partial charge is 0.417 e.